The number of likely N-dealkylation sites (tertiary alicyclic amines) is 1. The van der Waals surface area contributed by atoms with E-state index in [1.165, 1.54) is 6.07 Å². The number of benzene rings is 2. The van der Waals surface area contributed by atoms with E-state index in [4.69, 9.17) is 26.2 Å². The number of piperidine rings is 1. The van der Waals surface area contributed by atoms with E-state index in [0.29, 0.717) is 48.1 Å². The van der Waals surface area contributed by atoms with Gasteiger partial charge in [-0.1, -0.05) is 17.7 Å². The number of urea groups is 1. The molecule has 0 aliphatic carbocycles. The zero-order valence-corrected chi connectivity index (χ0v) is 17.9. The summed E-state index contributed by atoms with van der Waals surface area (Å²) in [6, 6.07) is 9.66. The highest BCUT2D eigenvalue weighted by Gasteiger charge is 2.27. The van der Waals surface area contributed by atoms with Gasteiger partial charge in [0.15, 0.2) is 11.5 Å². The molecule has 1 saturated heterocycles. The Balaban J connectivity index is 1.40. The minimum absolute atomic E-state index is 0.171. The molecule has 2 aromatic carbocycles. The molecule has 2 heterocycles. The summed E-state index contributed by atoms with van der Waals surface area (Å²) in [6.45, 7) is 1.09. The number of nitrogens with zero attached hydrogens (tertiary/aromatic N) is 1. The normalized spacial score (nSPS) is 15.3. The average Bonchev–Trinajstić information content (AvgIpc) is 3.26. The Labute approximate surface area is 189 Å². The third-order valence-corrected chi connectivity index (χ3v) is 5.72. The van der Waals surface area contributed by atoms with Crippen LogP contribution in [0, 0.1) is 5.92 Å². The summed E-state index contributed by atoms with van der Waals surface area (Å²) in [4.78, 5) is 38.2. The lowest BCUT2D eigenvalue weighted by Gasteiger charge is -2.30. The first-order valence-electron chi connectivity index (χ1n) is 10.2. The molecular formula is C22H22ClN3O6. The number of hydrogen-bond donors (Lipinski definition) is 3. The maximum Gasteiger partial charge on any atom is 0.321 e. The lowest BCUT2D eigenvalue weighted by Crippen LogP contribution is -2.42. The molecule has 0 radical (unpaired) electrons. The van der Waals surface area contributed by atoms with Crippen LogP contribution < -0.4 is 20.1 Å². The third-order valence-electron chi connectivity index (χ3n) is 5.49. The number of rotatable bonds is 5. The van der Waals surface area contributed by atoms with Gasteiger partial charge in [-0.05, 0) is 48.7 Å². The molecule has 2 aliphatic heterocycles. The highest BCUT2D eigenvalue weighted by molar-refractivity contribution is 6.31. The van der Waals surface area contributed by atoms with E-state index in [2.05, 4.69) is 10.6 Å². The summed E-state index contributed by atoms with van der Waals surface area (Å²) in [7, 11) is 0. The summed E-state index contributed by atoms with van der Waals surface area (Å²) in [5, 5.41) is 15.0. The van der Waals surface area contributed by atoms with Crippen molar-refractivity contribution in [2.24, 2.45) is 5.92 Å². The molecule has 3 N–H and O–H groups in total. The molecule has 10 heteroatoms. The van der Waals surface area contributed by atoms with Crippen LogP contribution >= 0.6 is 11.6 Å². The number of carboxylic acid groups (broad SMARTS) is 1. The minimum Gasteiger partial charge on any atom is -0.481 e. The van der Waals surface area contributed by atoms with Gasteiger partial charge in [-0.25, -0.2) is 4.79 Å². The van der Waals surface area contributed by atoms with Gasteiger partial charge in [0.1, 0.15) is 0 Å². The standard InChI is InChI=1S/C22H22ClN3O6/c23-15-2-3-17(25-22(30)26-7-5-14(6-8-26)21(28)29)16(10-15)20(27)24-11-13-1-4-18-19(9-13)32-12-31-18/h1-4,9-10,14H,5-8,11-12H2,(H,24,27)(H,25,30)(H,28,29). The van der Waals surface area contributed by atoms with E-state index in [0.717, 1.165) is 5.56 Å². The average molecular weight is 460 g/mol. The van der Waals surface area contributed by atoms with Crippen LogP contribution in [0.3, 0.4) is 0 Å². The highest BCUT2D eigenvalue weighted by atomic mass is 35.5. The summed E-state index contributed by atoms with van der Waals surface area (Å²) >= 11 is 6.08. The van der Waals surface area contributed by atoms with E-state index in [1.807, 2.05) is 6.07 Å². The number of halogens is 1. The van der Waals surface area contributed by atoms with E-state index in [9.17, 15) is 14.4 Å². The summed E-state index contributed by atoms with van der Waals surface area (Å²) < 4.78 is 10.6. The Hall–Kier alpha value is -3.46. The Morgan fingerprint density at radius 3 is 2.56 bits per heavy atom. The van der Waals surface area contributed by atoms with Crippen molar-refractivity contribution in [2.75, 3.05) is 25.2 Å². The molecular weight excluding hydrogens is 438 g/mol. The third kappa shape index (κ3) is 4.88. The lowest BCUT2D eigenvalue weighted by atomic mass is 9.97. The summed E-state index contributed by atoms with van der Waals surface area (Å²) in [5.41, 5.74) is 1.38. The second-order valence-electron chi connectivity index (χ2n) is 7.59. The molecule has 9 nitrogen and oxygen atoms in total. The number of carboxylic acids is 1. The van der Waals surface area contributed by atoms with Crippen molar-refractivity contribution in [1.82, 2.24) is 10.2 Å². The topological polar surface area (TPSA) is 117 Å². The predicted molar refractivity (Wildman–Crippen MR) is 116 cm³/mol. The zero-order chi connectivity index (χ0) is 22.7. The van der Waals surface area contributed by atoms with Gasteiger partial charge in [-0.15, -0.1) is 0 Å². The molecule has 0 spiro atoms. The van der Waals surface area contributed by atoms with Crippen molar-refractivity contribution in [3.8, 4) is 11.5 Å². The van der Waals surface area contributed by atoms with Gasteiger partial charge in [0.05, 0.1) is 17.2 Å². The SMILES string of the molecule is O=C(NCc1ccc2c(c1)OCO2)c1cc(Cl)ccc1NC(=O)N1CCC(C(=O)O)CC1. The minimum atomic E-state index is -0.843. The highest BCUT2D eigenvalue weighted by Crippen LogP contribution is 2.32. The molecule has 0 unspecified atom stereocenters. The molecule has 1 fully saturated rings. The summed E-state index contributed by atoms with van der Waals surface area (Å²) in [5.74, 6) is -0.396. The molecule has 2 aromatic rings. The van der Waals surface area contributed by atoms with Gasteiger partial charge in [0, 0.05) is 24.7 Å². The maximum absolute atomic E-state index is 12.8. The molecule has 0 atom stereocenters. The first kappa shape index (κ1) is 21.8. The Kier molecular flexibility index (Phi) is 6.36. The van der Waals surface area contributed by atoms with Crippen molar-refractivity contribution in [2.45, 2.75) is 19.4 Å². The van der Waals surface area contributed by atoms with Gasteiger partial charge in [-0.3, -0.25) is 9.59 Å². The Morgan fingerprint density at radius 2 is 1.81 bits per heavy atom. The fourth-order valence-corrected chi connectivity index (χ4v) is 3.84. The second kappa shape index (κ2) is 9.35. The molecule has 0 bridgehead atoms. The van der Waals surface area contributed by atoms with Crippen molar-refractivity contribution in [3.63, 3.8) is 0 Å². The number of fused-ring (bicyclic) bond motifs is 1. The molecule has 2 aliphatic rings. The first-order chi connectivity index (χ1) is 15.4. The van der Waals surface area contributed by atoms with Crippen molar-refractivity contribution in [1.29, 1.82) is 0 Å². The van der Waals surface area contributed by atoms with Gasteiger partial charge in [0.25, 0.3) is 5.91 Å². The van der Waals surface area contributed by atoms with Crippen LogP contribution in [0.25, 0.3) is 0 Å². The molecule has 4 rings (SSSR count). The van der Waals surface area contributed by atoms with Crippen LogP contribution in [-0.2, 0) is 11.3 Å². The quantitative estimate of drug-likeness (QED) is 0.631. The van der Waals surface area contributed by atoms with Crippen LogP contribution in [0.5, 0.6) is 11.5 Å². The number of anilines is 1. The Morgan fingerprint density at radius 1 is 1.06 bits per heavy atom. The monoisotopic (exact) mass is 459 g/mol. The molecule has 3 amide bonds. The van der Waals surface area contributed by atoms with Crippen LogP contribution in [0.1, 0.15) is 28.8 Å². The first-order valence-corrected chi connectivity index (χ1v) is 10.5. The maximum atomic E-state index is 12.8. The number of carbonyl (C=O) groups is 3. The number of ether oxygens (including phenoxy) is 2. The largest absolute Gasteiger partial charge is 0.481 e. The van der Waals surface area contributed by atoms with E-state index in [1.54, 1.807) is 29.2 Å². The van der Waals surface area contributed by atoms with Crippen LogP contribution in [-0.4, -0.2) is 47.8 Å². The molecule has 32 heavy (non-hydrogen) atoms. The molecule has 168 valence electrons. The predicted octanol–water partition coefficient (Wildman–Crippen LogP) is 3.33. The van der Waals surface area contributed by atoms with Gasteiger partial charge in [0.2, 0.25) is 6.79 Å². The molecule has 0 saturated carbocycles. The van der Waals surface area contributed by atoms with E-state index < -0.39 is 17.8 Å². The van der Waals surface area contributed by atoms with Crippen molar-refractivity contribution >= 4 is 35.2 Å². The lowest BCUT2D eigenvalue weighted by molar-refractivity contribution is -0.143. The van der Waals surface area contributed by atoms with Gasteiger partial charge in [-0.2, -0.15) is 0 Å². The Bertz CT molecular complexity index is 1050. The van der Waals surface area contributed by atoms with Crippen LogP contribution in [0.4, 0.5) is 10.5 Å². The fourth-order valence-electron chi connectivity index (χ4n) is 3.67. The number of carbonyl (C=O) groups excluding carboxylic acids is 2. The summed E-state index contributed by atoms with van der Waals surface area (Å²) in [6.07, 6.45) is 0.790. The second-order valence-corrected chi connectivity index (χ2v) is 8.03. The van der Waals surface area contributed by atoms with E-state index >= 15 is 0 Å². The van der Waals surface area contributed by atoms with Crippen molar-refractivity contribution < 1.29 is 29.0 Å². The smallest absolute Gasteiger partial charge is 0.321 e. The number of hydrogen-bond acceptors (Lipinski definition) is 5. The number of amides is 3. The van der Waals surface area contributed by atoms with Crippen LogP contribution in [0.2, 0.25) is 5.02 Å². The van der Waals surface area contributed by atoms with Crippen LogP contribution in [0.15, 0.2) is 36.4 Å². The fraction of sp³-hybridized carbons (Fsp3) is 0.318. The number of aliphatic carboxylic acids is 1. The van der Waals surface area contributed by atoms with Crippen molar-refractivity contribution in [3.05, 3.63) is 52.5 Å². The zero-order valence-electron chi connectivity index (χ0n) is 17.1. The van der Waals surface area contributed by atoms with Gasteiger partial charge < -0.3 is 30.1 Å². The van der Waals surface area contributed by atoms with E-state index in [-0.39, 0.29) is 24.9 Å². The molecule has 0 aromatic heterocycles. The van der Waals surface area contributed by atoms with Gasteiger partial charge >= 0.3 is 12.0 Å². The number of nitrogens with one attached hydrogen (secondary N) is 2.